The maximum Gasteiger partial charge on any atom is 0.413 e. The smallest absolute Gasteiger partial charge is 0.413 e. The molecule has 3 amide bonds. The molecule has 0 aliphatic carbocycles. The van der Waals surface area contributed by atoms with Gasteiger partial charge in [-0.25, -0.2) is 19.4 Å². The van der Waals surface area contributed by atoms with Gasteiger partial charge in [0.15, 0.2) is 10.8 Å². The minimum Gasteiger partial charge on any atom is -0.477 e. The Balaban J connectivity index is 1.88. The molecule has 0 unspecified atom stereocenters. The molecule has 0 radical (unpaired) electrons. The number of nitrogens with one attached hydrogen (secondary N) is 2. The molecule has 3 N–H and O–H groups in total. The number of amides is 3. The topological polar surface area (TPSA) is 186 Å². The third-order valence-electron chi connectivity index (χ3n) is 5.52. The molecule has 0 spiro atoms. The fraction of sp³-hybridized carbons (Fsp3) is 0.577. The summed E-state index contributed by atoms with van der Waals surface area (Å²) in [6.07, 6.45) is -0.772. The van der Waals surface area contributed by atoms with Crippen LogP contribution in [0.2, 0.25) is 0 Å². The number of carboxylic acid groups (broad SMARTS) is 1. The summed E-state index contributed by atoms with van der Waals surface area (Å²) in [5.74, 6) is -3.40. The Morgan fingerprint density at radius 3 is 2.30 bits per heavy atom. The summed E-state index contributed by atoms with van der Waals surface area (Å²) in [7, 11) is 0. The number of carbonyl (C=O) groups is 5. The Morgan fingerprint density at radius 2 is 1.74 bits per heavy atom. The molecule has 0 bridgehead atoms. The third-order valence-corrected chi connectivity index (χ3v) is 7.94. The zero-order valence-corrected chi connectivity index (χ0v) is 27.3. The molecule has 14 nitrogen and oxygen atoms in total. The van der Waals surface area contributed by atoms with Crippen LogP contribution in [0, 0.1) is 0 Å². The highest BCUT2D eigenvalue weighted by molar-refractivity contribution is 8.00. The van der Waals surface area contributed by atoms with E-state index in [4.69, 9.17) is 25.9 Å². The highest BCUT2D eigenvalue weighted by atomic mass is 35.5. The Kier molecular flexibility index (Phi) is 10.1. The van der Waals surface area contributed by atoms with Gasteiger partial charge in [-0.2, -0.15) is 0 Å². The van der Waals surface area contributed by atoms with E-state index in [1.54, 1.807) is 41.5 Å². The Bertz CT molecular complexity index is 1380. The zero-order chi connectivity index (χ0) is 32.5. The lowest BCUT2D eigenvalue weighted by atomic mass is 10.0. The van der Waals surface area contributed by atoms with Gasteiger partial charge in [0.05, 0.1) is 0 Å². The normalized spacial score (nSPS) is 19.2. The van der Waals surface area contributed by atoms with Crippen molar-refractivity contribution in [3.8, 4) is 0 Å². The number of β-lactam (4-membered cyclic amide) rings is 1. The molecule has 0 saturated carbocycles. The van der Waals surface area contributed by atoms with Gasteiger partial charge in [-0.05, 0) is 61.0 Å². The van der Waals surface area contributed by atoms with Gasteiger partial charge in [0.1, 0.15) is 34.0 Å². The lowest BCUT2D eigenvalue weighted by molar-refractivity contribution is -0.179. The number of esters is 1. The molecule has 0 aromatic carbocycles. The van der Waals surface area contributed by atoms with Gasteiger partial charge in [0.25, 0.3) is 11.8 Å². The van der Waals surface area contributed by atoms with E-state index in [9.17, 15) is 29.1 Å². The molecule has 1 aromatic rings. The van der Waals surface area contributed by atoms with Crippen LogP contribution in [0.4, 0.5) is 9.93 Å². The number of carbonyl (C=O) groups excluding carboxylic acids is 4. The second kappa shape index (κ2) is 12.7. The number of carboxylic acids is 1. The number of alkyl halides is 1. The van der Waals surface area contributed by atoms with E-state index in [2.05, 4.69) is 20.8 Å². The third kappa shape index (κ3) is 8.38. The standard InChI is InChI=1S/C26H34ClN5O9S2/c1-24(2,3)39-21(37)26(7,8)41-31-14(13-11-43-22(28-13)30-23(38)40-25(4,5)6)17(33)29-15-18(34)32-16(20(35)36)12(9-27)10-42-19(15)32/h11,15,19H,9-10H2,1-8H3,(H,29,33)(H,35,36)(H,28,30,38)/t15-,19+/m1/s1. The number of aromatic nitrogens is 1. The van der Waals surface area contributed by atoms with Gasteiger partial charge in [-0.3, -0.25) is 19.8 Å². The largest absolute Gasteiger partial charge is 0.477 e. The highest BCUT2D eigenvalue weighted by Gasteiger charge is 2.54. The van der Waals surface area contributed by atoms with Crippen LogP contribution in [0.3, 0.4) is 0 Å². The molecule has 1 fully saturated rings. The molecule has 2 aliphatic heterocycles. The first-order valence-corrected chi connectivity index (χ1v) is 15.4. The predicted octanol–water partition coefficient (Wildman–Crippen LogP) is 3.31. The number of oxime groups is 1. The summed E-state index contributed by atoms with van der Waals surface area (Å²) in [6, 6.07) is -1.09. The number of hydrogen-bond acceptors (Lipinski definition) is 12. The van der Waals surface area contributed by atoms with Crippen LogP contribution < -0.4 is 10.6 Å². The second-order valence-corrected chi connectivity index (χ2v) is 14.2. The van der Waals surface area contributed by atoms with Gasteiger partial charge in [-0.1, -0.05) is 5.16 Å². The second-order valence-electron chi connectivity index (χ2n) is 12.0. The Morgan fingerprint density at radius 1 is 1.12 bits per heavy atom. The molecule has 1 aromatic heterocycles. The maximum absolute atomic E-state index is 13.5. The molecule has 43 heavy (non-hydrogen) atoms. The van der Waals surface area contributed by atoms with E-state index in [0.29, 0.717) is 5.57 Å². The Hall–Kier alpha value is -3.37. The van der Waals surface area contributed by atoms with E-state index in [1.165, 1.54) is 31.0 Å². The number of thiazole rings is 1. The lowest BCUT2D eigenvalue weighted by Crippen LogP contribution is -2.71. The van der Waals surface area contributed by atoms with Crippen LogP contribution >= 0.6 is 34.7 Å². The van der Waals surface area contributed by atoms with E-state index in [-0.39, 0.29) is 28.2 Å². The van der Waals surface area contributed by atoms with E-state index < -0.39 is 63.8 Å². The maximum atomic E-state index is 13.5. The average Bonchev–Trinajstić information content (AvgIpc) is 3.31. The van der Waals surface area contributed by atoms with Crippen molar-refractivity contribution in [1.82, 2.24) is 15.2 Å². The van der Waals surface area contributed by atoms with Crippen molar-refractivity contribution in [2.45, 2.75) is 83.6 Å². The van der Waals surface area contributed by atoms with Crippen LogP contribution in [-0.2, 0) is 33.5 Å². The number of anilines is 1. The van der Waals surface area contributed by atoms with Gasteiger partial charge in [0, 0.05) is 17.0 Å². The van der Waals surface area contributed by atoms with Crippen LogP contribution in [0.15, 0.2) is 21.8 Å². The van der Waals surface area contributed by atoms with Gasteiger partial charge in [0.2, 0.25) is 5.60 Å². The van der Waals surface area contributed by atoms with Crippen molar-refractivity contribution in [3.05, 3.63) is 22.3 Å². The summed E-state index contributed by atoms with van der Waals surface area (Å²) in [6.45, 7) is 12.9. The van der Waals surface area contributed by atoms with Crippen LogP contribution in [0.1, 0.15) is 61.1 Å². The van der Waals surface area contributed by atoms with Crippen molar-refractivity contribution in [2.75, 3.05) is 16.9 Å². The summed E-state index contributed by atoms with van der Waals surface area (Å²) in [4.78, 5) is 74.1. The number of aliphatic carboxylic acids is 1. The van der Waals surface area contributed by atoms with Gasteiger partial charge in [-0.15, -0.1) is 34.7 Å². The fourth-order valence-electron chi connectivity index (χ4n) is 3.63. The van der Waals surface area contributed by atoms with E-state index in [0.717, 1.165) is 16.2 Å². The number of fused-ring (bicyclic) bond motifs is 1. The minimum absolute atomic E-state index is 0.0379. The Labute approximate surface area is 261 Å². The lowest BCUT2D eigenvalue weighted by Gasteiger charge is -2.49. The number of nitrogens with zero attached hydrogens (tertiary/aromatic N) is 3. The molecule has 236 valence electrons. The van der Waals surface area contributed by atoms with E-state index >= 15 is 0 Å². The molecule has 17 heteroatoms. The first kappa shape index (κ1) is 34.1. The fourth-order valence-corrected chi connectivity index (χ4v) is 5.99. The van der Waals surface area contributed by atoms with Crippen molar-refractivity contribution in [2.24, 2.45) is 5.16 Å². The average molecular weight is 660 g/mol. The molecule has 1 saturated heterocycles. The first-order chi connectivity index (χ1) is 19.7. The van der Waals surface area contributed by atoms with Crippen LogP contribution in [0.25, 0.3) is 0 Å². The van der Waals surface area contributed by atoms with Crippen LogP contribution in [0.5, 0.6) is 0 Å². The number of rotatable bonds is 9. The van der Waals surface area contributed by atoms with Crippen molar-refractivity contribution in [3.63, 3.8) is 0 Å². The molecular weight excluding hydrogens is 626 g/mol. The summed E-state index contributed by atoms with van der Waals surface area (Å²) < 4.78 is 10.6. The first-order valence-electron chi connectivity index (χ1n) is 13.0. The predicted molar refractivity (Wildman–Crippen MR) is 160 cm³/mol. The quantitative estimate of drug-likeness (QED) is 0.116. The SMILES string of the molecule is CC(C)(C)OC(=O)Nc1nc(C(=NOC(C)(C)C(=O)OC(C)(C)C)C(=O)N[C@@H]2C(=O)N3C(C(=O)O)=C(CCl)CS[C@@H]23)cs1. The number of halogens is 1. The van der Waals surface area contributed by atoms with Crippen molar-refractivity contribution in [1.29, 1.82) is 0 Å². The number of thioether (sulfide) groups is 1. The molecule has 3 rings (SSSR count). The summed E-state index contributed by atoms with van der Waals surface area (Å²) >= 11 is 8.10. The molecule has 3 heterocycles. The number of ether oxygens (including phenoxy) is 2. The van der Waals surface area contributed by atoms with Crippen molar-refractivity contribution >= 4 is 75.4 Å². The molecule has 2 aliphatic rings. The zero-order valence-electron chi connectivity index (χ0n) is 24.9. The van der Waals surface area contributed by atoms with Crippen LogP contribution in [-0.4, -0.2) is 90.4 Å². The molecule has 2 atom stereocenters. The molecular formula is C26H34ClN5O9S2. The van der Waals surface area contributed by atoms with Crippen molar-refractivity contribution < 1.29 is 43.4 Å². The highest BCUT2D eigenvalue weighted by Crippen LogP contribution is 2.40. The van der Waals surface area contributed by atoms with Gasteiger partial charge >= 0.3 is 18.0 Å². The number of hydrogen-bond donors (Lipinski definition) is 3. The summed E-state index contributed by atoms with van der Waals surface area (Å²) in [5, 5.41) is 19.4. The minimum atomic E-state index is -1.63. The monoisotopic (exact) mass is 659 g/mol. The summed E-state index contributed by atoms with van der Waals surface area (Å²) in [5.41, 5.74) is -3.48. The van der Waals surface area contributed by atoms with Gasteiger partial charge < -0.3 is 24.7 Å². The van der Waals surface area contributed by atoms with E-state index in [1.807, 2.05) is 0 Å².